The lowest BCUT2D eigenvalue weighted by molar-refractivity contribution is -0.124. The SMILES string of the molecule is CCCCC(CC)CN(CC(CC)CCCC)c1ccc(/N=N/c2ccc(C#Cc3ccc(/C=C/C4=C(C#N)C(=C(C#N)C#N)N(CCCC)C4=O)cc3)cc2)cc1. The second kappa shape index (κ2) is 23.8. The number of carbonyl (C=O) groups excluding carboxylic acids is 1. The first-order valence-corrected chi connectivity index (χ1v) is 21.0. The van der Waals surface area contributed by atoms with Gasteiger partial charge in [0.2, 0.25) is 0 Å². The van der Waals surface area contributed by atoms with E-state index in [4.69, 9.17) is 0 Å². The molecule has 0 fully saturated rings. The third-order valence-corrected chi connectivity index (χ3v) is 10.7. The summed E-state index contributed by atoms with van der Waals surface area (Å²) in [6.45, 7) is 13.7. The van der Waals surface area contributed by atoms with Crippen molar-refractivity contribution in [1.29, 1.82) is 15.8 Å². The summed E-state index contributed by atoms with van der Waals surface area (Å²) in [5, 5.41) is 37.9. The van der Waals surface area contributed by atoms with E-state index in [9.17, 15) is 20.6 Å². The van der Waals surface area contributed by atoms with Crippen LogP contribution in [-0.4, -0.2) is 30.4 Å². The molecule has 8 nitrogen and oxygen atoms in total. The molecule has 0 saturated heterocycles. The molecule has 58 heavy (non-hydrogen) atoms. The van der Waals surface area contributed by atoms with Gasteiger partial charge >= 0.3 is 0 Å². The number of azo groups is 1. The Morgan fingerprint density at radius 2 is 1.19 bits per heavy atom. The van der Waals surface area contributed by atoms with E-state index in [0.717, 1.165) is 47.6 Å². The number of anilines is 1. The summed E-state index contributed by atoms with van der Waals surface area (Å²) in [5.74, 6) is 7.41. The molecule has 1 aliphatic rings. The Balaban J connectivity index is 1.41. The van der Waals surface area contributed by atoms with Crippen LogP contribution in [0.1, 0.15) is 116 Å². The van der Waals surface area contributed by atoms with Gasteiger partial charge in [0, 0.05) is 36.4 Å². The van der Waals surface area contributed by atoms with Crippen molar-refractivity contribution in [2.24, 2.45) is 22.1 Å². The Morgan fingerprint density at radius 1 is 0.690 bits per heavy atom. The molecule has 1 heterocycles. The van der Waals surface area contributed by atoms with Crippen LogP contribution in [0.25, 0.3) is 6.08 Å². The van der Waals surface area contributed by atoms with Crippen molar-refractivity contribution in [3.8, 4) is 30.0 Å². The summed E-state index contributed by atoms with van der Waals surface area (Å²) in [5.41, 5.74) is 5.36. The summed E-state index contributed by atoms with van der Waals surface area (Å²) in [4.78, 5) is 17.3. The molecule has 0 spiro atoms. The molecule has 3 aromatic rings. The summed E-state index contributed by atoms with van der Waals surface area (Å²) in [6.07, 6.45) is 14.8. The summed E-state index contributed by atoms with van der Waals surface area (Å²) >= 11 is 0. The number of benzene rings is 3. The zero-order valence-corrected chi connectivity index (χ0v) is 35.0. The first-order chi connectivity index (χ1) is 28.3. The maximum Gasteiger partial charge on any atom is 0.259 e. The maximum absolute atomic E-state index is 13.3. The summed E-state index contributed by atoms with van der Waals surface area (Å²) in [6, 6.07) is 29.5. The second-order valence-electron chi connectivity index (χ2n) is 14.9. The predicted molar refractivity (Wildman–Crippen MR) is 235 cm³/mol. The van der Waals surface area contributed by atoms with Crippen LogP contribution in [0.3, 0.4) is 0 Å². The lowest BCUT2D eigenvalue weighted by Gasteiger charge is -2.32. The van der Waals surface area contributed by atoms with Crippen molar-refractivity contribution in [2.45, 2.75) is 98.8 Å². The highest BCUT2D eigenvalue weighted by Crippen LogP contribution is 2.33. The van der Waals surface area contributed by atoms with Crippen molar-refractivity contribution in [1.82, 2.24) is 4.90 Å². The molecule has 2 unspecified atom stereocenters. The lowest BCUT2D eigenvalue weighted by Crippen LogP contribution is -2.34. The minimum Gasteiger partial charge on any atom is -0.371 e. The van der Waals surface area contributed by atoms with Gasteiger partial charge < -0.3 is 9.80 Å². The normalized spacial score (nSPS) is 13.6. The number of carbonyl (C=O) groups is 1. The second-order valence-corrected chi connectivity index (χ2v) is 14.9. The molecule has 4 rings (SSSR count). The predicted octanol–water partition coefficient (Wildman–Crippen LogP) is 12.5. The fraction of sp³-hybridized carbons (Fsp3) is 0.400. The number of rotatable bonds is 20. The highest BCUT2D eigenvalue weighted by Gasteiger charge is 2.36. The monoisotopic (exact) mass is 771 g/mol. The van der Waals surface area contributed by atoms with E-state index >= 15 is 0 Å². The summed E-state index contributed by atoms with van der Waals surface area (Å²) < 4.78 is 0. The van der Waals surface area contributed by atoms with E-state index in [1.54, 1.807) is 12.2 Å². The molecule has 0 aliphatic carbocycles. The maximum atomic E-state index is 13.3. The molecule has 0 aromatic heterocycles. The molecule has 1 aliphatic heterocycles. The third-order valence-electron chi connectivity index (χ3n) is 10.7. The number of hydrogen-bond acceptors (Lipinski definition) is 7. The van der Waals surface area contributed by atoms with E-state index in [1.807, 2.05) is 73.7 Å². The average molecular weight is 772 g/mol. The van der Waals surface area contributed by atoms with Crippen molar-refractivity contribution >= 4 is 29.0 Å². The van der Waals surface area contributed by atoms with E-state index in [0.29, 0.717) is 24.8 Å². The van der Waals surface area contributed by atoms with Crippen LogP contribution < -0.4 is 4.90 Å². The smallest absolute Gasteiger partial charge is 0.259 e. The zero-order chi connectivity index (χ0) is 41.7. The Hall–Kier alpha value is -6.22. The first-order valence-electron chi connectivity index (χ1n) is 21.0. The Kier molecular flexibility index (Phi) is 18.2. The van der Waals surface area contributed by atoms with Gasteiger partial charge in [-0.3, -0.25) is 4.79 Å². The van der Waals surface area contributed by atoms with Crippen molar-refractivity contribution < 1.29 is 4.79 Å². The van der Waals surface area contributed by atoms with E-state index < -0.39 is 0 Å². The Morgan fingerprint density at radius 3 is 1.66 bits per heavy atom. The number of nitriles is 3. The molecule has 0 saturated carbocycles. The van der Waals surface area contributed by atoms with Crippen LogP contribution in [0.4, 0.5) is 17.1 Å². The number of unbranched alkanes of at least 4 members (excludes halogenated alkanes) is 3. The fourth-order valence-corrected chi connectivity index (χ4v) is 7.01. The highest BCUT2D eigenvalue weighted by atomic mass is 16.2. The third kappa shape index (κ3) is 12.6. The van der Waals surface area contributed by atoms with Gasteiger partial charge in [-0.1, -0.05) is 110 Å². The molecular weight excluding hydrogens is 715 g/mol. The topological polar surface area (TPSA) is 120 Å². The van der Waals surface area contributed by atoms with Crippen LogP contribution in [-0.2, 0) is 4.79 Å². The zero-order valence-electron chi connectivity index (χ0n) is 35.0. The minimum absolute atomic E-state index is 0.0397. The van der Waals surface area contributed by atoms with E-state index in [1.165, 1.54) is 62.0 Å². The molecule has 8 heteroatoms. The van der Waals surface area contributed by atoms with Crippen LogP contribution in [0, 0.1) is 57.7 Å². The van der Waals surface area contributed by atoms with Crippen molar-refractivity contribution in [2.75, 3.05) is 24.5 Å². The van der Waals surface area contributed by atoms with E-state index in [2.05, 4.69) is 78.9 Å². The Labute approximate surface area is 346 Å². The number of allylic oxidation sites excluding steroid dienone is 2. The quantitative estimate of drug-likeness (QED) is 0.0643. The van der Waals surface area contributed by atoms with Gasteiger partial charge in [-0.05, 0) is 103 Å². The van der Waals surface area contributed by atoms with Crippen molar-refractivity contribution in [3.05, 3.63) is 118 Å². The molecule has 0 bridgehead atoms. The van der Waals surface area contributed by atoms with Crippen LogP contribution in [0.5, 0.6) is 0 Å². The van der Waals surface area contributed by atoms with E-state index in [-0.39, 0.29) is 28.3 Å². The summed E-state index contributed by atoms with van der Waals surface area (Å²) in [7, 11) is 0. The van der Waals surface area contributed by atoms with Gasteiger partial charge in [-0.25, -0.2) is 0 Å². The standard InChI is InChI=1S/C50H57N7O/c1-6-11-14-38(9-4)36-56(37-39(10-5)15-12-7-2)46-29-27-45(28-30-46)55-54-44-25-22-42(23-26-44)21-18-40-16-19-41(20-17-40)24-31-47-48(35-53)49(43(33-51)34-52)57(50(47)58)32-13-8-3/h16-17,19-20,22-31,38-39H,6-15,32,36-37H2,1-5H3/b31-24+,55-54+. The van der Waals surface area contributed by atoms with Gasteiger partial charge in [0.15, 0.2) is 5.57 Å². The fourth-order valence-electron chi connectivity index (χ4n) is 7.01. The Bertz CT molecular complexity index is 2090. The lowest BCUT2D eigenvalue weighted by atomic mass is 9.95. The number of hydrogen-bond donors (Lipinski definition) is 0. The molecular formula is C50H57N7O. The molecule has 0 radical (unpaired) electrons. The van der Waals surface area contributed by atoms with Gasteiger partial charge in [0.05, 0.1) is 28.2 Å². The van der Waals surface area contributed by atoms with Crippen LogP contribution in [0.2, 0.25) is 0 Å². The number of amides is 1. The molecule has 2 atom stereocenters. The van der Waals surface area contributed by atoms with Crippen molar-refractivity contribution in [3.63, 3.8) is 0 Å². The van der Waals surface area contributed by atoms with Gasteiger partial charge in [0.25, 0.3) is 5.91 Å². The average Bonchev–Trinajstić information content (AvgIpc) is 3.53. The van der Waals surface area contributed by atoms with Gasteiger partial charge in [-0.2, -0.15) is 26.0 Å². The minimum atomic E-state index is -0.387. The number of nitrogens with zero attached hydrogens (tertiary/aromatic N) is 7. The van der Waals surface area contributed by atoms with Gasteiger partial charge in [0.1, 0.15) is 18.2 Å². The molecule has 298 valence electrons. The van der Waals surface area contributed by atoms with Crippen LogP contribution >= 0.6 is 0 Å². The van der Waals surface area contributed by atoms with Gasteiger partial charge in [-0.15, -0.1) is 0 Å². The largest absolute Gasteiger partial charge is 0.371 e. The molecule has 0 N–H and O–H groups in total. The van der Waals surface area contributed by atoms with Crippen LogP contribution in [0.15, 0.2) is 112 Å². The highest BCUT2D eigenvalue weighted by molar-refractivity contribution is 6.05. The molecule has 1 amide bonds. The molecule has 3 aromatic carbocycles. The first kappa shape index (κ1) is 44.5.